The highest BCUT2D eigenvalue weighted by Crippen LogP contribution is 2.32. The number of aromatic nitrogens is 2. The molecule has 0 saturated heterocycles. The monoisotopic (exact) mass is 330 g/mol. The van der Waals surface area contributed by atoms with Gasteiger partial charge in [0.1, 0.15) is 18.0 Å². The molecule has 0 bridgehead atoms. The van der Waals surface area contributed by atoms with E-state index in [0.29, 0.717) is 0 Å². The number of aryl methyl sites for hydroxylation is 2. The number of hydrogen-bond acceptors (Lipinski definition) is 4. The lowest BCUT2D eigenvalue weighted by Gasteiger charge is -2.30. The Morgan fingerprint density at radius 1 is 1.04 bits per heavy atom. The van der Waals surface area contributed by atoms with Crippen LogP contribution in [0.2, 0.25) is 0 Å². The topological polar surface area (TPSA) is 41.0 Å². The van der Waals surface area contributed by atoms with Crippen molar-refractivity contribution in [1.29, 1.82) is 0 Å². The molecule has 0 unspecified atom stereocenters. The Bertz CT molecular complexity index is 858. The van der Waals surface area contributed by atoms with E-state index in [1.54, 1.807) is 6.33 Å². The van der Waals surface area contributed by atoms with Gasteiger partial charge in [-0.3, -0.25) is 0 Å². The van der Waals surface area contributed by atoms with E-state index in [4.69, 9.17) is 0 Å². The molecule has 1 aliphatic rings. The van der Waals surface area contributed by atoms with Crippen LogP contribution in [0.15, 0.2) is 60.9 Å². The van der Waals surface area contributed by atoms with E-state index in [2.05, 4.69) is 75.6 Å². The second-order valence-corrected chi connectivity index (χ2v) is 6.48. The lowest BCUT2D eigenvalue weighted by Crippen LogP contribution is -2.25. The Balaban J connectivity index is 1.53. The Morgan fingerprint density at radius 3 is 2.76 bits per heavy atom. The third-order valence-corrected chi connectivity index (χ3v) is 4.63. The highest BCUT2D eigenvalue weighted by molar-refractivity contribution is 5.66. The Morgan fingerprint density at radius 2 is 1.88 bits per heavy atom. The first kappa shape index (κ1) is 15.6. The molecule has 0 saturated carbocycles. The number of hydrogen-bond donors (Lipinski definition) is 1. The summed E-state index contributed by atoms with van der Waals surface area (Å²) in [6.45, 7) is 3.85. The standard InChI is InChI=1S/C21H22N4/c1-16-8-10-17(11-9-16)14-22-20-13-21(24-15-23-20)25-12-4-6-18-5-2-3-7-19(18)25/h2-3,5,7-11,13,15H,4,6,12,14H2,1H3,(H,22,23,24). The first-order valence-electron chi connectivity index (χ1n) is 8.76. The maximum Gasteiger partial charge on any atom is 0.138 e. The minimum atomic E-state index is 0.757. The Kier molecular flexibility index (Phi) is 4.34. The predicted octanol–water partition coefficient (Wildman–Crippen LogP) is 4.48. The quantitative estimate of drug-likeness (QED) is 0.766. The number of para-hydroxylation sites is 1. The van der Waals surface area contributed by atoms with E-state index in [1.807, 2.05) is 6.07 Å². The highest BCUT2D eigenvalue weighted by Gasteiger charge is 2.18. The van der Waals surface area contributed by atoms with E-state index in [-0.39, 0.29) is 0 Å². The SMILES string of the molecule is Cc1ccc(CNc2cc(N3CCCc4ccccc43)ncn2)cc1. The molecule has 4 rings (SSSR count). The van der Waals surface area contributed by atoms with Crippen molar-refractivity contribution in [2.75, 3.05) is 16.8 Å². The van der Waals surface area contributed by atoms with Gasteiger partial charge >= 0.3 is 0 Å². The summed E-state index contributed by atoms with van der Waals surface area (Å²) in [5.41, 5.74) is 5.17. The van der Waals surface area contributed by atoms with E-state index >= 15 is 0 Å². The van der Waals surface area contributed by atoms with Crippen molar-refractivity contribution < 1.29 is 0 Å². The number of rotatable bonds is 4. The number of nitrogens with zero attached hydrogens (tertiary/aromatic N) is 3. The van der Waals surface area contributed by atoms with Gasteiger partial charge in [0.15, 0.2) is 0 Å². The van der Waals surface area contributed by atoms with Gasteiger partial charge in [-0.1, -0.05) is 48.0 Å². The van der Waals surface area contributed by atoms with Crippen molar-refractivity contribution in [1.82, 2.24) is 9.97 Å². The van der Waals surface area contributed by atoms with Gasteiger partial charge < -0.3 is 10.2 Å². The molecule has 1 N–H and O–H groups in total. The van der Waals surface area contributed by atoms with Gasteiger partial charge in [-0.05, 0) is 37.0 Å². The number of anilines is 3. The molecule has 4 nitrogen and oxygen atoms in total. The Hall–Kier alpha value is -2.88. The van der Waals surface area contributed by atoms with Crippen LogP contribution in [0.3, 0.4) is 0 Å². The van der Waals surface area contributed by atoms with Crippen LogP contribution in [-0.2, 0) is 13.0 Å². The summed E-state index contributed by atoms with van der Waals surface area (Å²) in [6.07, 6.45) is 3.92. The first-order chi connectivity index (χ1) is 12.3. The van der Waals surface area contributed by atoms with E-state index in [0.717, 1.165) is 37.6 Å². The molecular weight excluding hydrogens is 308 g/mol. The molecule has 0 radical (unpaired) electrons. The van der Waals surface area contributed by atoms with Crippen LogP contribution in [0.25, 0.3) is 0 Å². The van der Waals surface area contributed by atoms with Gasteiger partial charge in [-0.25, -0.2) is 9.97 Å². The summed E-state index contributed by atoms with van der Waals surface area (Å²) in [5.74, 6) is 1.81. The van der Waals surface area contributed by atoms with Crippen LogP contribution >= 0.6 is 0 Å². The van der Waals surface area contributed by atoms with Crippen molar-refractivity contribution in [2.24, 2.45) is 0 Å². The predicted molar refractivity (Wildman–Crippen MR) is 102 cm³/mol. The zero-order valence-electron chi connectivity index (χ0n) is 14.4. The Labute approximate surface area is 148 Å². The molecule has 0 amide bonds. The molecule has 25 heavy (non-hydrogen) atoms. The van der Waals surface area contributed by atoms with Crippen LogP contribution in [0.5, 0.6) is 0 Å². The van der Waals surface area contributed by atoms with Crippen LogP contribution in [0.4, 0.5) is 17.3 Å². The summed E-state index contributed by atoms with van der Waals surface area (Å²) < 4.78 is 0. The average Bonchev–Trinajstić information content (AvgIpc) is 2.67. The van der Waals surface area contributed by atoms with Crippen molar-refractivity contribution in [3.63, 3.8) is 0 Å². The number of benzene rings is 2. The second kappa shape index (κ2) is 6.93. The highest BCUT2D eigenvalue weighted by atomic mass is 15.2. The smallest absolute Gasteiger partial charge is 0.138 e. The first-order valence-corrected chi connectivity index (χ1v) is 8.76. The van der Waals surface area contributed by atoms with Crippen molar-refractivity contribution in [3.8, 4) is 0 Å². The summed E-state index contributed by atoms with van der Waals surface area (Å²) in [5, 5.41) is 3.41. The molecule has 3 aromatic rings. The summed E-state index contributed by atoms with van der Waals surface area (Å²) in [7, 11) is 0. The summed E-state index contributed by atoms with van der Waals surface area (Å²) in [4.78, 5) is 11.2. The second-order valence-electron chi connectivity index (χ2n) is 6.48. The largest absolute Gasteiger partial charge is 0.366 e. The molecule has 126 valence electrons. The fraction of sp³-hybridized carbons (Fsp3) is 0.238. The molecule has 0 fully saturated rings. The van der Waals surface area contributed by atoms with Crippen LogP contribution < -0.4 is 10.2 Å². The fourth-order valence-electron chi connectivity index (χ4n) is 3.26. The molecule has 4 heteroatoms. The van der Waals surface area contributed by atoms with Crippen LogP contribution in [0, 0.1) is 6.92 Å². The van der Waals surface area contributed by atoms with E-state index in [9.17, 15) is 0 Å². The normalized spacial score (nSPS) is 13.4. The molecule has 0 aliphatic carbocycles. The van der Waals surface area contributed by atoms with Crippen molar-refractivity contribution in [3.05, 3.63) is 77.6 Å². The average molecular weight is 330 g/mol. The molecule has 0 atom stereocenters. The van der Waals surface area contributed by atoms with Gasteiger partial charge in [0.25, 0.3) is 0 Å². The van der Waals surface area contributed by atoms with Gasteiger partial charge in [0.2, 0.25) is 0 Å². The van der Waals surface area contributed by atoms with Gasteiger partial charge in [-0.15, -0.1) is 0 Å². The molecular formula is C21H22N4. The van der Waals surface area contributed by atoms with Crippen LogP contribution in [-0.4, -0.2) is 16.5 Å². The maximum atomic E-state index is 4.50. The lowest BCUT2D eigenvalue weighted by molar-refractivity contribution is 0.758. The summed E-state index contributed by atoms with van der Waals surface area (Å²) >= 11 is 0. The lowest BCUT2D eigenvalue weighted by atomic mass is 10.0. The molecule has 2 aromatic carbocycles. The van der Waals surface area contributed by atoms with Crippen molar-refractivity contribution in [2.45, 2.75) is 26.3 Å². The maximum absolute atomic E-state index is 4.50. The third-order valence-electron chi connectivity index (χ3n) is 4.63. The fourth-order valence-corrected chi connectivity index (χ4v) is 3.26. The van der Waals surface area contributed by atoms with Crippen LogP contribution in [0.1, 0.15) is 23.1 Å². The molecule has 1 aromatic heterocycles. The van der Waals surface area contributed by atoms with E-state index < -0.39 is 0 Å². The van der Waals surface area contributed by atoms with Crippen molar-refractivity contribution >= 4 is 17.3 Å². The minimum absolute atomic E-state index is 0.757. The molecule has 0 spiro atoms. The number of fused-ring (bicyclic) bond motifs is 1. The minimum Gasteiger partial charge on any atom is -0.366 e. The third kappa shape index (κ3) is 3.48. The molecule has 2 heterocycles. The zero-order chi connectivity index (χ0) is 17.1. The number of nitrogens with one attached hydrogen (secondary N) is 1. The summed E-state index contributed by atoms with van der Waals surface area (Å²) in [6, 6.07) is 19.2. The molecule has 1 aliphatic heterocycles. The van der Waals surface area contributed by atoms with Gasteiger partial charge in [0.05, 0.1) is 0 Å². The van der Waals surface area contributed by atoms with E-state index in [1.165, 1.54) is 22.4 Å². The van der Waals surface area contributed by atoms with Gasteiger partial charge in [-0.2, -0.15) is 0 Å². The zero-order valence-corrected chi connectivity index (χ0v) is 14.4. The van der Waals surface area contributed by atoms with Gasteiger partial charge in [0, 0.05) is 24.8 Å².